The Morgan fingerprint density at radius 2 is 2.22 bits per heavy atom. The van der Waals surface area contributed by atoms with E-state index in [9.17, 15) is 0 Å². The first-order valence-electron chi connectivity index (χ1n) is 2.66. The van der Waals surface area contributed by atoms with Crippen molar-refractivity contribution in [1.82, 2.24) is 0 Å². The quantitative estimate of drug-likeness (QED) is 0.435. The Morgan fingerprint density at radius 3 is 2.33 bits per heavy atom. The molecule has 0 aromatic carbocycles. The average Bonchev–Trinajstić information content (AvgIpc) is 1.90. The smallest absolute Gasteiger partial charge is 0.154 e. The maximum absolute atomic E-state index is 5.19. The molecule has 0 aliphatic rings. The molecule has 52 valence electrons. The van der Waals surface area contributed by atoms with Crippen LogP contribution in [0, 0.1) is 0 Å². The van der Waals surface area contributed by atoms with Crippen molar-refractivity contribution >= 4 is 5.71 Å². The Labute approximate surface area is 55.2 Å². The van der Waals surface area contributed by atoms with Gasteiger partial charge in [0.15, 0.2) is 5.76 Å². The molecule has 9 heavy (non-hydrogen) atoms. The van der Waals surface area contributed by atoms with Crippen LogP contribution in [-0.4, -0.2) is 19.9 Å². The van der Waals surface area contributed by atoms with Gasteiger partial charge in [0.05, 0.1) is 12.8 Å². The van der Waals surface area contributed by atoms with Crippen molar-refractivity contribution in [2.75, 3.05) is 14.2 Å². The average molecular weight is 128 g/mol. The van der Waals surface area contributed by atoms with Crippen LogP contribution >= 0.6 is 0 Å². The molecule has 3 heteroatoms. The van der Waals surface area contributed by atoms with E-state index in [1.165, 1.54) is 6.20 Å². The lowest BCUT2D eigenvalue weighted by Crippen LogP contribution is -2.02. The normalized spacial score (nSPS) is 13.7. The maximum atomic E-state index is 5.19. The predicted molar refractivity (Wildman–Crippen MR) is 38.3 cm³/mol. The number of hydrogen-bond acceptors (Lipinski definition) is 3. The lowest BCUT2D eigenvalue weighted by molar-refractivity contribution is 0.313. The zero-order chi connectivity index (χ0) is 7.28. The molecule has 0 heterocycles. The fraction of sp³-hybridized carbons (Fsp3) is 0.500. The maximum Gasteiger partial charge on any atom is 0.154 e. The van der Waals surface area contributed by atoms with E-state index in [-0.39, 0.29) is 0 Å². The molecule has 0 saturated heterocycles. The zero-order valence-corrected chi connectivity index (χ0v) is 6.01. The lowest BCUT2D eigenvalue weighted by atomic mass is 10.3. The summed E-state index contributed by atoms with van der Waals surface area (Å²) < 4.78 is 4.86. The van der Waals surface area contributed by atoms with Gasteiger partial charge in [-0.2, -0.15) is 0 Å². The summed E-state index contributed by atoms with van der Waals surface area (Å²) in [6.45, 7) is 1.84. The lowest BCUT2D eigenvalue weighted by Gasteiger charge is -2.01. The Balaban J connectivity index is 4.14. The molecule has 0 saturated carbocycles. The van der Waals surface area contributed by atoms with E-state index in [1.807, 2.05) is 6.92 Å². The SMILES string of the molecule is CN=C(C)C(=CN)OC. The van der Waals surface area contributed by atoms with Gasteiger partial charge in [-0.15, -0.1) is 0 Å². The fourth-order valence-electron chi connectivity index (χ4n) is 0.447. The highest BCUT2D eigenvalue weighted by Crippen LogP contribution is 1.94. The fourth-order valence-corrected chi connectivity index (χ4v) is 0.447. The van der Waals surface area contributed by atoms with Crippen LogP contribution in [0.5, 0.6) is 0 Å². The van der Waals surface area contributed by atoms with E-state index in [2.05, 4.69) is 4.99 Å². The van der Waals surface area contributed by atoms with Crippen molar-refractivity contribution in [2.45, 2.75) is 6.92 Å². The summed E-state index contributed by atoms with van der Waals surface area (Å²) in [7, 11) is 3.26. The second-order valence-electron chi connectivity index (χ2n) is 1.54. The summed E-state index contributed by atoms with van der Waals surface area (Å²) in [5, 5.41) is 0. The van der Waals surface area contributed by atoms with Crippen LogP contribution in [0.4, 0.5) is 0 Å². The van der Waals surface area contributed by atoms with E-state index < -0.39 is 0 Å². The third kappa shape index (κ3) is 2.17. The minimum atomic E-state index is 0.623. The molecular formula is C6H12N2O. The topological polar surface area (TPSA) is 47.6 Å². The van der Waals surface area contributed by atoms with Gasteiger partial charge in [0.2, 0.25) is 0 Å². The van der Waals surface area contributed by atoms with Gasteiger partial charge >= 0.3 is 0 Å². The summed E-state index contributed by atoms with van der Waals surface area (Å²) >= 11 is 0. The largest absolute Gasteiger partial charge is 0.493 e. The molecule has 0 aliphatic heterocycles. The van der Waals surface area contributed by atoms with Crippen molar-refractivity contribution in [3.8, 4) is 0 Å². The van der Waals surface area contributed by atoms with Gasteiger partial charge in [0.25, 0.3) is 0 Å². The van der Waals surface area contributed by atoms with Crippen molar-refractivity contribution in [1.29, 1.82) is 0 Å². The molecular weight excluding hydrogens is 116 g/mol. The van der Waals surface area contributed by atoms with Gasteiger partial charge in [0, 0.05) is 13.2 Å². The molecule has 0 aromatic heterocycles. The Hall–Kier alpha value is -0.990. The van der Waals surface area contributed by atoms with Crippen LogP contribution < -0.4 is 5.73 Å². The Morgan fingerprint density at radius 1 is 1.67 bits per heavy atom. The summed E-state index contributed by atoms with van der Waals surface area (Å²) in [5.74, 6) is 0.623. The van der Waals surface area contributed by atoms with Gasteiger partial charge in [-0.1, -0.05) is 0 Å². The second-order valence-corrected chi connectivity index (χ2v) is 1.54. The molecule has 0 aromatic rings. The van der Waals surface area contributed by atoms with E-state index in [0.29, 0.717) is 5.76 Å². The third-order valence-corrected chi connectivity index (χ3v) is 1.06. The Kier molecular flexibility index (Phi) is 3.51. The van der Waals surface area contributed by atoms with Crippen LogP contribution in [0.25, 0.3) is 0 Å². The van der Waals surface area contributed by atoms with Crippen molar-refractivity contribution < 1.29 is 4.74 Å². The summed E-state index contributed by atoms with van der Waals surface area (Å²) in [4.78, 5) is 3.87. The molecule has 0 radical (unpaired) electrons. The van der Waals surface area contributed by atoms with E-state index >= 15 is 0 Å². The summed E-state index contributed by atoms with van der Waals surface area (Å²) in [6.07, 6.45) is 1.39. The zero-order valence-electron chi connectivity index (χ0n) is 6.01. The number of rotatable bonds is 2. The standard InChI is InChI=1S/C6H12N2O/c1-5(8-2)6(4-7)9-3/h4H,7H2,1-3H3. The molecule has 0 bridgehead atoms. The van der Waals surface area contributed by atoms with Crippen LogP contribution in [0.1, 0.15) is 6.92 Å². The first-order valence-corrected chi connectivity index (χ1v) is 2.66. The molecule has 2 N–H and O–H groups in total. The Bertz CT molecular complexity index is 138. The predicted octanol–water partition coefficient (Wildman–Crippen LogP) is 0.524. The van der Waals surface area contributed by atoms with E-state index in [4.69, 9.17) is 10.5 Å². The van der Waals surface area contributed by atoms with Gasteiger partial charge in [-0.05, 0) is 6.92 Å². The van der Waals surface area contributed by atoms with Crippen LogP contribution in [0.3, 0.4) is 0 Å². The molecule has 0 atom stereocenters. The molecule has 0 rings (SSSR count). The summed E-state index contributed by atoms with van der Waals surface area (Å²) in [5.41, 5.74) is 6.00. The number of allylic oxidation sites excluding steroid dienone is 1. The van der Waals surface area contributed by atoms with Crippen molar-refractivity contribution in [3.63, 3.8) is 0 Å². The highest BCUT2D eigenvalue weighted by atomic mass is 16.5. The van der Waals surface area contributed by atoms with Crippen molar-refractivity contribution in [2.24, 2.45) is 10.7 Å². The number of hydrogen-bond donors (Lipinski definition) is 1. The number of nitrogens with zero attached hydrogens (tertiary/aromatic N) is 1. The van der Waals surface area contributed by atoms with Crippen molar-refractivity contribution in [3.05, 3.63) is 12.0 Å². The molecule has 0 spiro atoms. The minimum Gasteiger partial charge on any atom is -0.493 e. The molecule has 0 fully saturated rings. The monoisotopic (exact) mass is 128 g/mol. The van der Waals surface area contributed by atoms with Gasteiger partial charge < -0.3 is 10.5 Å². The van der Waals surface area contributed by atoms with Crippen LogP contribution in [0.15, 0.2) is 17.0 Å². The van der Waals surface area contributed by atoms with Gasteiger partial charge in [-0.3, -0.25) is 4.99 Å². The van der Waals surface area contributed by atoms with Gasteiger partial charge in [0.1, 0.15) is 0 Å². The van der Waals surface area contributed by atoms with E-state index in [1.54, 1.807) is 14.2 Å². The highest BCUT2D eigenvalue weighted by molar-refractivity contribution is 5.96. The van der Waals surface area contributed by atoms with Crippen LogP contribution in [0.2, 0.25) is 0 Å². The molecule has 0 aliphatic carbocycles. The first kappa shape index (κ1) is 8.01. The second kappa shape index (κ2) is 3.95. The molecule has 0 unspecified atom stereocenters. The summed E-state index contributed by atoms with van der Waals surface area (Å²) in [6, 6.07) is 0. The first-order chi connectivity index (χ1) is 4.26. The number of methoxy groups -OCH3 is 1. The number of nitrogens with two attached hydrogens (primary N) is 1. The van der Waals surface area contributed by atoms with Crippen LogP contribution in [-0.2, 0) is 4.74 Å². The number of aliphatic imine (C=N–C) groups is 1. The van der Waals surface area contributed by atoms with E-state index in [0.717, 1.165) is 5.71 Å². The molecule has 3 nitrogen and oxygen atoms in total. The third-order valence-electron chi connectivity index (χ3n) is 1.06. The molecule has 0 amide bonds. The van der Waals surface area contributed by atoms with Gasteiger partial charge in [-0.25, -0.2) is 0 Å². The number of ether oxygens (including phenoxy) is 1. The minimum absolute atomic E-state index is 0.623. The highest BCUT2D eigenvalue weighted by Gasteiger charge is 1.95.